The van der Waals surface area contributed by atoms with Crippen LogP contribution in [0.5, 0.6) is 0 Å². The van der Waals surface area contributed by atoms with Crippen LogP contribution in [0.1, 0.15) is 84.5 Å². The van der Waals surface area contributed by atoms with Crippen molar-refractivity contribution in [3.8, 4) is 5.69 Å². The lowest BCUT2D eigenvalue weighted by Crippen LogP contribution is -2.28. The molecule has 2 aliphatic rings. The average Bonchev–Trinajstić information content (AvgIpc) is 3.15. The van der Waals surface area contributed by atoms with E-state index in [1.165, 1.54) is 30.0 Å². The van der Waals surface area contributed by atoms with E-state index in [1.807, 2.05) is 13.8 Å². The Morgan fingerprint density at radius 3 is 2.37 bits per heavy atom. The molecule has 4 rings (SSSR count). The van der Waals surface area contributed by atoms with Gasteiger partial charge in [-0.3, -0.25) is 14.4 Å². The average molecular weight is 552 g/mol. The molecule has 0 bridgehead atoms. The maximum atomic E-state index is 14.2. The summed E-state index contributed by atoms with van der Waals surface area (Å²) in [6.07, 6.45) is 8.51. The van der Waals surface area contributed by atoms with Crippen LogP contribution in [0.4, 0.5) is 10.1 Å². The minimum Gasteiger partial charge on any atom is -0.461 e. The number of nitrogen functional groups attached to an aromatic ring is 1. The van der Waals surface area contributed by atoms with Crippen LogP contribution in [0.25, 0.3) is 5.69 Å². The van der Waals surface area contributed by atoms with Gasteiger partial charge in [-0.05, 0) is 62.6 Å². The largest absolute Gasteiger partial charge is 0.461 e. The molecule has 0 saturated heterocycles. The zero-order valence-electron chi connectivity index (χ0n) is 22.4. The predicted octanol–water partition coefficient (Wildman–Crippen LogP) is 3.80. The number of carbonyl (C=O) groups excluding carboxylic acids is 3. The van der Waals surface area contributed by atoms with Crippen LogP contribution in [0.3, 0.4) is 0 Å². The first-order valence-electron chi connectivity index (χ1n) is 12.4. The number of primary amides is 1. The number of nitrogens with zero attached hydrogens (tertiary/aromatic N) is 2. The van der Waals surface area contributed by atoms with Gasteiger partial charge in [0.2, 0.25) is 0 Å². The number of ketones is 1. The number of fused-ring (bicyclic) bond motifs is 1. The Labute approximate surface area is 226 Å². The quantitative estimate of drug-likeness (QED) is 0.250. The third-order valence-corrected chi connectivity index (χ3v) is 6.33. The second-order valence-electron chi connectivity index (χ2n) is 10.2. The van der Waals surface area contributed by atoms with Gasteiger partial charge in [0.15, 0.2) is 5.78 Å². The molecule has 0 aliphatic heterocycles. The molecular weight excluding hydrogens is 513 g/mol. The highest BCUT2D eigenvalue weighted by Crippen LogP contribution is 2.37. The Hall–Kier alpha value is -2.96. The topological polar surface area (TPSA) is 177 Å². The lowest BCUT2D eigenvalue weighted by molar-refractivity contribution is -0.148. The number of amides is 1. The Bertz CT molecular complexity index is 1140. The molecule has 0 atom stereocenters. The molecule has 38 heavy (non-hydrogen) atoms. The van der Waals surface area contributed by atoms with Crippen molar-refractivity contribution in [2.75, 3.05) is 18.5 Å². The fraction of sp³-hybridized carbons (Fsp3) is 0.538. The van der Waals surface area contributed by atoms with Crippen molar-refractivity contribution in [2.45, 2.75) is 71.8 Å². The first-order valence-corrected chi connectivity index (χ1v) is 13.6. The van der Waals surface area contributed by atoms with E-state index in [9.17, 15) is 18.8 Å². The Morgan fingerprint density at radius 1 is 1.24 bits per heavy atom. The summed E-state index contributed by atoms with van der Waals surface area (Å²) in [6.45, 7) is 5.77. The van der Waals surface area contributed by atoms with E-state index in [2.05, 4.69) is 5.10 Å². The van der Waals surface area contributed by atoms with Gasteiger partial charge in [0, 0.05) is 24.4 Å². The summed E-state index contributed by atoms with van der Waals surface area (Å²) in [4.78, 5) is 34.5. The highest BCUT2D eigenvalue weighted by molar-refractivity contribution is 7.93. The van der Waals surface area contributed by atoms with E-state index >= 15 is 0 Å². The van der Waals surface area contributed by atoms with Gasteiger partial charge in [-0.2, -0.15) is 5.10 Å². The molecule has 10 nitrogen and oxygen atoms in total. The molecule has 0 unspecified atom stereocenters. The molecule has 7 N–H and O–H groups in total. The summed E-state index contributed by atoms with van der Waals surface area (Å²) >= 11 is 0.750. The number of rotatable bonds is 4. The summed E-state index contributed by atoms with van der Waals surface area (Å²) in [5.41, 5.74) is 17.7. The number of hydrogen-bond acceptors (Lipinski definition) is 9. The molecule has 0 spiro atoms. The number of anilines is 1. The van der Waals surface area contributed by atoms with Gasteiger partial charge >= 0.3 is 5.97 Å². The van der Waals surface area contributed by atoms with Crippen molar-refractivity contribution >= 4 is 35.4 Å². The monoisotopic (exact) mass is 551 g/mol. The van der Waals surface area contributed by atoms with Crippen LogP contribution in [0, 0.1) is 18.2 Å². The Balaban J connectivity index is 0.000000302. The highest BCUT2D eigenvalue weighted by Gasteiger charge is 2.36. The number of nitrogens with two attached hydrogens (primary N) is 3. The first-order chi connectivity index (χ1) is 17.8. The van der Waals surface area contributed by atoms with Crippen LogP contribution in [0.15, 0.2) is 12.1 Å². The molecule has 1 amide bonds. The van der Waals surface area contributed by atoms with Gasteiger partial charge in [-0.1, -0.05) is 20.3 Å². The van der Waals surface area contributed by atoms with Gasteiger partial charge in [0.1, 0.15) is 11.9 Å². The highest BCUT2D eigenvalue weighted by atomic mass is 32.2. The lowest BCUT2D eigenvalue weighted by atomic mass is 9.75. The van der Waals surface area contributed by atoms with Gasteiger partial charge < -0.3 is 26.5 Å². The number of benzene rings is 1. The molecule has 0 radical (unpaired) electrons. The van der Waals surface area contributed by atoms with Crippen LogP contribution in [-0.2, 0) is 16.0 Å². The number of esters is 1. The van der Waals surface area contributed by atoms with Crippen LogP contribution in [0.2, 0.25) is 0 Å². The standard InChI is InChI=1S/C17H19FN4O2.C8H15NO2.CH4OS/c1-8-14-12(6-17(2,3)7-13(14)23)22(21-8)9-4-10(18)15(16(20)24)11(19)5-9;9-6-8(10)11-7-4-2-1-3-5-7;1-3-2/h4-5H,6-7,19H2,1-3H3,(H2,20,24);7H,1-6,9H2;2H,1H3. The number of carbonyl (C=O) groups is 3. The van der Waals surface area contributed by atoms with Gasteiger partial charge in [-0.25, -0.2) is 9.07 Å². The SMILES string of the molecule is CSO.Cc1nn(-c2cc(N)c(C(N)=O)c(F)c2)c2c1C(=O)CC(C)(C)C2.NCC(=O)OC1CCCCC1. The minimum atomic E-state index is -0.925. The number of halogens is 1. The van der Waals surface area contributed by atoms with E-state index in [0.29, 0.717) is 29.8 Å². The van der Waals surface area contributed by atoms with Crippen molar-refractivity contribution in [1.29, 1.82) is 0 Å². The second kappa shape index (κ2) is 13.7. The van der Waals surface area contributed by atoms with E-state index in [4.69, 9.17) is 26.5 Å². The number of hydrogen-bond donors (Lipinski definition) is 4. The maximum absolute atomic E-state index is 14.2. The number of ether oxygens (including phenoxy) is 1. The van der Waals surface area contributed by atoms with Gasteiger partial charge in [-0.15, -0.1) is 0 Å². The van der Waals surface area contributed by atoms with Crippen LogP contribution < -0.4 is 17.2 Å². The zero-order chi connectivity index (χ0) is 28.6. The minimum absolute atomic E-state index is 0.0104. The molecule has 1 saturated carbocycles. The zero-order valence-corrected chi connectivity index (χ0v) is 23.2. The summed E-state index contributed by atoms with van der Waals surface area (Å²) in [7, 11) is 0. The third kappa shape index (κ3) is 8.02. The Morgan fingerprint density at radius 2 is 1.84 bits per heavy atom. The summed E-state index contributed by atoms with van der Waals surface area (Å²) in [6, 6.07) is 2.61. The van der Waals surface area contributed by atoms with Crippen molar-refractivity contribution in [3.63, 3.8) is 0 Å². The number of aromatic nitrogens is 2. The van der Waals surface area contributed by atoms with Crippen LogP contribution in [-0.4, -0.2) is 50.9 Å². The molecule has 1 fully saturated rings. The first kappa shape index (κ1) is 31.3. The molecule has 1 heterocycles. The lowest BCUT2D eigenvalue weighted by Gasteiger charge is -2.29. The second-order valence-corrected chi connectivity index (χ2v) is 10.5. The fourth-order valence-corrected chi connectivity index (χ4v) is 4.77. The van der Waals surface area contributed by atoms with Gasteiger partial charge in [0.25, 0.3) is 5.91 Å². The summed E-state index contributed by atoms with van der Waals surface area (Å²) in [5, 5.41) is 4.39. The van der Waals surface area contributed by atoms with Gasteiger partial charge in [0.05, 0.1) is 34.7 Å². The molecular formula is C26H38FN5O5S. The predicted molar refractivity (Wildman–Crippen MR) is 146 cm³/mol. The molecule has 12 heteroatoms. The summed E-state index contributed by atoms with van der Waals surface area (Å²) in [5.74, 6) is -1.96. The van der Waals surface area contributed by atoms with E-state index in [1.54, 1.807) is 13.2 Å². The molecule has 1 aromatic carbocycles. The van der Waals surface area contributed by atoms with E-state index in [-0.39, 0.29) is 41.1 Å². The summed E-state index contributed by atoms with van der Waals surface area (Å²) < 4.78 is 28.3. The molecule has 2 aromatic rings. The third-order valence-electron chi connectivity index (χ3n) is 6.33. The van der Waals surface area contributed by atoms with Crippen molar-refractivity contribution < 1.29 is 28.1 Å². The number of aryl methyl sites for hydroxylation is 1. The van der Waals surface area contributed by atoms with Crippen molar-refractivity contribution in [1.82, 2.24) is 9.78 Å². The Kier molecular flexibility index (Phi) is 11.3. The van der Waals surface area contributed by atoms with Crippen molar-refractivity contribution in [3.05, 3.63) is 40.5 Å². The maximum Gasteiger partial charge on any atom is 0.319 e. The molecule has 210 valence electrons. The smallest absolute Gasteiger partial charge is 0.319 e. The fourth-order valence-electron chi connectivity index (χ4n) is 4.77. The molecule has 2 aliphatic carbocycles. The van der Waals surface area contributed by atoms with Crippen LogP contribution >= 0.6 is 12.0 Å². The van der Waals surface area contributed by atoms with E-state index in [0.717, 1.165) is 36.6 Å². The van der Waals surface area contributed by atoms with Crippen molar-refractivity contribution in [2.24, 2.45) is 16.9 Å². The number of Topliss-reactive ketones (excluding diaryl/α,β-unsaturated/α-hetero) is 1. The molecule has 1 aromatic heterocycles. The normalized spacial score (nSPS) is 16.3. The van der Waals surface area contributed by atoms with E-state index < -0.39 is 11.7 Å².